The van der Waals surface area contributed by atoms with Gasteiger partial charge in [-0.15, -0.1) is 11.8 Å². The predicted molar refractivity (Wildman–Crippen MR) is 110 cm³/mol. The van der Waals surface area contributed by atoms with E-state index in [0.717, 1.165) is 17.1 Å². The van der Waals surface area contributed by atoms with E-state index in [0.29, 0.717) is 5.75 Å². The number of rotatable bonds is 8. The third kappa shape index (κ3) is 7.31. The van der Waals surface area contributed by atoms with E-state index in [-0.39, 0.29) is 12.0 Å². The molecule has 2 aromatic rings. The molecule has 4 nitrogen and oxygen atoms in total. The van der Waals surface area contributed by atoms with Crippen molar-refractivity contribution in [3.63, 3.8) is 0 Å². The minimum absolute atomic E-state index is 0.101. The number of hydrogen-bond donors (Lipinski definition) is 1. The Kier molecular flexibility index (Phi) is 7.73. The highest BCUT2D eigenvalue weighted by atomic mass is 32.2. The van der Waals surface area contributed by atoms with Crippen molar-refractivity contribution >= 4 is 23.9 Å². The molecule has 2 aromatic carbocycles. The zero-order chi connectivity index (χ0) is 18.9. The van der Waals surface area contributed by atoms with Gasteiger partial charge in [0.2, 0.25) is 5.91 Å². The second-order valence-corrected chi connectivity index (χ2v) is 7.50. The monoisotopic (exact) mass is 370 g/mol. The summed E-state index contributed by atoms with van der Waals surface area (Å²) in [6, 6.07) is 14.1. The number of hydrazone groups is 1. The largest absolute Gasteiger partial charge is 0.491 e. The first-order valence-electron chi connectivity index (χ1n) is 8.66. The van der Waals surface area contributed by atoms with E-state index in [9.17, 15) is 4.79 Å². The van der Waals surface area contributed by atoms with Gasteiger partial charge in [-0.05, 0) is 63.1 Å². The van der Waals surface area contributed by atoms with E-state index in [1.807, 2.05) is 38.1 Å². The number of carbonyl (C=O) groups is 1. The molecule has 0 atom stereocenters. The van der Waals surface area contributed by atoms with Gasteiger partial charge in [-0.3, -0.25) is 4.79 Å². The zero-order valence-corrected chi connectivity index (χ0v) is 16.6. The third-order valence-electron chi connectivity index (χ3n) is 3.44. The van der Waals surface area contributed by atoms with Gasteiger partial charge in [0.25, 0.3) is 0 Å². The molecule has 26 heavy (non-hydrogen) atoms. The number of aryl methyl sites for hydroxylation is 2. The van der Waals surface area contributed by atoms with Gasteiger partial charge in [0.1, 0.15) is 5.75 Å². The minimum atomic E-state index is -0.101. The van der Waals surface area contributed by atoms with Crippen LogP contribution in [0.2, 0.25) is 0 Å². The fourth-order valence-corrected chi connectivity index (χ4v) is 3.28. The van der Waals surface area contributed by atoms with E-state index in [1.54, 1.807) is 18.0 Å². The lowest BCUT2D eigenvalue weighted by Crippen LogP contribution is -2.19. The van der Waals surface area contributed by atoms with Crippen LogP contribution in [0.4, 0.5) is 0 Å². The van der Waals surface area contributed by atoms with Crippen molar-refractivity contribution in [3.8, 4) is 5.75 Å². The molecule has 0 aliphatic carbocycles. The first-order chi connectivity index (χ1) is 12.4. The Morgan fingerprint density at radius 2 is 1.81 bits per heavy atom. The van der Waals surface area contributed by atoms with E-state index in [2.05, 4.69) is 42.6 Å². The van der Waals surface area contributed by atoms with Crippen LogP contribution in [0.15, 0.2) is 47.6 Å². The molecular weight excluding hydrogens is 344 g/mol. The van der Waals surface area contributed by atoms with Gasteiger partial charge in [0.05, 0.1) is 18.1 Å². The van der Waals surface area contributed by atoms with E-state index in [1.165, 1.54) is 16.7 Å². The lowest BCUT2D eigenvalue weighted by atomic mass is 10.1. The van der Waals surface area contributed by atoms with Gasteiger partial charge >= 0.3 is 0 Å². The highest BCUT2D eigenvalue weighted by Crippen LogP contribution is 2.16. The molecule has 5 heteroatoms. The van der Waals surface area contributed by atoms with Gasteiger partial charge < -0.3 is 4.74 Å². The number of amides is 1. The fourth-order valence-electron chi connectivity index (χ4n) is 2.53. The molecular formula is C21H26N2O2S. The van der Waals surface area contributed by atoms with E-state index in [4.69, 9.17) is 4.74 Å². The summed E-state index contributed by atoms with van der Waals surface area (Å²) in [5.74, 6) is 1.92. The Morgan fingerprint density at radius 3 is 2.42 bits per heavy atom. The highest BCUT2D eigenvalue weighted by molar-refractivity contribution is 7.99. The van der Waals surface area contributed by atoms with Gasteiger partial charge in [-0.25, -0.2) is 5.43 Å². The lowest BCUT2D eigenvalue weighted by Gasteiger charge is -2.09. The number of thioether (sulfide) groups is 1. The molecule has 0 spiro atoms. The predicted octanol–water partition coefficient (Wildman–Crippen LogP) is 4.47. The fraction of sp³-hybridized carbons (Fsp3) is 0.333. The van der Waals surface area contributed by atoms with Crippen LogP contribution in [0.1, 0.15) is 36.1 Å². The van der Waals surface area contributed by atoms with Crippen LogP contribution in [0.25, 0.3) is 0 Å². The maximum Gasteiger partial charge on any atom is 0.250 e. The Morgan fingerprint density at radius 1 is 1.15 bits per heavy atom. The van der Waals surface area contributed by atoms with Crippen molar-refractivity contribution in [2.45, 2.75) is 39.6 Å². The second-order valence-electron chi connectivity index (χ2n) is 6.52. The topological polar surface area (TPSA) is 50.7 Å². The molecule has 0 aliphatic rings. The summed E-state index contributed by atoms with van der Waals surface area (Å²) < 4.78 is 5.59. The van der Waals surface area contributed by atoms with E-state index < -0.39 is 0 Å². The quantitative estimate of drug-likeness (QED) is 0.551. The second kappa shape index (κ2) is 10.0. The number of ether oxygens (including phenoxy) is 1. The molecule has 0 heterocycles. The number of carbonyl (C=O) groups excluding carboxylic acids is 1. The summed E-state index contributed by atoms with van der Waals surface area (Å²) in [6.07, 6.45) is 1.78. The van der Waals surface area contributed by atoms with Crippen molar-refractivity contribution in [1.82, 2.24) is 5.43 Å². The molecule has 2 rings (SSSR count). The Bertz CT molecular complexity index is 735. The third-order valence-corrected chi connectivity index (χ3v) is 4.44. The van der Waals surface area contributed by atoms with Crippen LogP contribution in [0.5, 0.6) is 5.75 Å². The summed E-state index contributed by atoms with van der Waals surface area (Å²) in [7, 11) is 0. The molecule has 1 amide bonds. The van der Waals surface area contributed by atoms with Gasteiger partial charge in [-0.1, -0.05) is 29.3 Å². The number of nitrogens with one attached hydrogen (secondary N) is 1. The van der Waals surface area contributed by atoms with Crippen LogP contribution < -0.4 is 10.2 Å². The smallest absolute Gasteiger partial charge is 0.250 e. The van der Waals surface area contributed by atoms with Crippen LogP contribution in [0, 0.1) is 13.8 Å². The van der Waals surface area contributed by atoms with Crippen molar-refractivity contribution in [2.75, 3.05) is 5.75 Å². The van der Waals surface area contributed by atoms with E-state index >= 15 is 0 Å². The Labute approximate surface area is 160 Å². The maximum absolute atomic E-state index is 11.9. The summed E-state index contributed by atoms with van der Waals surface area (Å²) in [5, 5.41) is 4.01. The summed E-state index contributed by atoms with van der Waals surface area (Å²) in [4.78, 5) is 11.9. The number of benzene rings is 2. The normalized spacial score (nSPS) is 11.1. The average molecular weight is 371 g/mol. The first-order valence-corrected chi connectivity index (χ1v) is 9.81. The lowest BCUT2D eigenvalue weighted by molar-refractivity contribution is -0.118. The molecule has 0 radical (unpaired) electrons. The van der Waals surface area contributed by atoms with Gasteiger partial charge in [0, 0.05) is 5.75 Å². The SMILES string of the molecule is Cc1cc(C)cc(CSCC(=O)N/N=C\c2ccc(OC(C)C)cc2)c1. The minimum Gasteiger partial charge on any atom is -0.491 e. The molecule has 0 aromatic heterocycles. The maximum atomic E-state index is 11.9. The van der Waals surface area contributed by atoms with Crippen LogP contribution in [-0.2, 0) is 10.5 Å². The van der Waals surface area contributed by atoms with Crippen molar-refractivity contribution in [3.05, 3.63) is 64.7 Å². The molecule has 0 aliphatic heterocycles. The molecule has 0 unspecified atom stereocenters. The number of hydrogen-bond acceptors (Lipinski definition) is 4. The van der Waals surface area contributed by atoms with Crippen molar-refractivity contribution in [1.29, 1.82) is 0 Å². The summed E-state index contributed by atoms with van der Waals surface area (Å²) in [5.41, 5.74) is 7.21. The average Bonchev–Trinajstić information content (AvgIpc) is 2.55. The van der Waals surface area contributed by atoms with Crippen molar-refractivity contribution < 1.29 is 9.53 Å². The molecule has 0 fully saturated rings. The first kappa shape index (κ1) is 20.0. The summed E-state index contributed by atoms with van der Waals surface area (Å²) in [6.45, 7) is 8.15. The van der Waals surface area contributed by atoms with Gasteiger partial charge in [0.15, 0.2) is 0 Å². The van der Waals surface area contributed by atoms with Crippen molar-refractivity contribution in [2.24, 2.45) is 5.10 Å². The summed E-state index contributed by atoms with van der Waals surface area (Å²) >= 11 is 1.58. The molecule has 0 bridgehead atoms. The van der Waals surface area contributed by atoms with Crippen LogP contribution >= 0.6 is 11.8 Å². The molecule has 0 saturated heterocycles. The Hall–Kier alpha value is -2.27. The molecule has 1 N–H and O–H groups in total. The highest BCUT2D eigenvalue weighted by Gasteiger charge is 2.02. The van der Waals surface area contributed by atoms with Crippen LogP contribution in [-0.4, -0.2) is 24.0 Å². The number of nitrogens with zero attached hydrogens (tertiary/aromatic N) is 1. The standard InChI is InChI=1S/C21H26N2O2S/c1-15(2)25-20-7-5-18(6-8-20)12-22-23-21(24)14-26-13-19-10-16(3)9-17(4)11-19/h5-12,15H,13-14H2,1-4H3,(H,23,24)/b22-12-. The van der Waals surface area contributed by atoms with Crippen LogP contribution in [0.3, 0.4) is 0 Å². The Balaban J connectivity index is 1.73. The molecule has 138 valence electrons. The van der Waals surface area contributed by atoms with Gasteiger partial charge in [-0.2, -0.15) is 5.10 Å². The zero-order valence-electron chi connectivity index (χ0n) is 15.8. The molecule has 0 saturated carbocycles.